The number of phenols is 1. The molecule has 9 nitrogen and oxygen atoms in total. The van der Waals surface area contributed by atoms with Gasteiger partial charge in [0.25, 0.3) is 11.5 Å². The lowest BCUT2D eigenvalue weighted by Crippen LogP contribution is -2.30. The molecule has 0 fully saturated rings. The van der Waals surface area contributed by atoms with Gasteiger partial charge in [-0.2, -0.15) is 9.78 Å². The topological polar surface area (TPSA) is 126 Å². The number of aromatic hydroxyl groups is 1. The molecule has 0 spiro atoms. The van der Waals surface area contributed by atoms with E-state index >= 15 is 0 Å². The maximum atomic E-state index is 13.0. The molecule has 4 rings (SSSR count). The molecule has 0 aliphatic rings. The van der Waals surface area contributed by atoms with Crippen LogP contribution in [0.5, 0.6) is 17.2 Å². The van der Waals surface area contributed by atoms with E-state index in [2.05, 4.69) is 15.4 Å². The van der Waals surface area contributed by atoms with Crippen LogP contribution in [0.3, 0.4) is 0 Å². The van der Waals surface area contributed by atoms with Gasteiger partial charge in [-0.05, 0) is 54.4 Å². The number of rotatable bonds is 7. The van der Waals surface area contributed by atoms with Crippen molar-refractivity contribution >= 4 is 29.1 Å². The van der Waals surface area contributed by atoms with Crippen molar-refractivity contribution in [1.82, 2.24) is 20.1 Å². The van der Waals surface area contributed by atoms with Crippen molar-refractivity contribution in [2.75, 3.05) is 6.54 Å². The summed E-state index contributed by atoms with van der Waals surface area (Å²) in [5, 5.41) is 16.6. The number of aromatic nitrogens is 3. The van der Waals surface area contributed by atoms with Crippen LogP contribution in [0, 0.1) is 5.82 Å². The molecule has 0 aliphatic carbocycles. The molecule has 184 valence electrons. The van der Waals surface area contributed by atoms with Gasteiger partial charge in [-0.3, -0.25) is 14.6 Å². The van der Waals surface area contributed by atoms with Crippen molar-refractivity contribution in [1.29, 1.82) is 0 Å². The van der Waals surface area contributed by atoms with Crippen molar-refractivity contribution in [2.45, 2.75) is 6.42 Å². The molecule has 0 bridgehead atoms. The number of phenolic OH excluding ortho intramolecular Hbond substituents is 1. The van der Waals surface area contributed by atoms with Crippen molar-refractivity contribution in [3.05, 3.63) is 109 Å². The number of amides is 1. The molecule has 0 saturated heterocycles. The summed E-state index contributed by atoms with van der Waals surface area (Å²) in [4.78, 5) is 37.9. The van der Waals surface area contributed by atoms with Gasteiger partial charge in [0.1, 0.15) is 23.5 Å². The Labute approximate surface area is 212 Å². The number of nitrogens with one attached hydrogen (secondary N) is 2. The van der Waals surface area contributed by atoms with E-state index in [9.17, 15) is 23.9 Å². The van der Waals surface area contributed by atoms with Crippen LogP contribution in [0.1, 0.15) is 15.9 Å². The molecule has 3 aromatic carbocycles. The molecule has 3 N–H and O–H groups in total. The average Bonchev–Trinajstić information content (AvgIpc) is 2.83. The second-order valence-electron chi connectivity index (χ2n) is 7.50. The monoisotopic (exact) mass is 530 g/mol. The van der Waals surface area contributed by atoms with Crippen molar-refractivity contribution in [3.63, 3.8) is 0 Å². The largest absolute Gasteiger partial charge is 0.507 e. The van der Waals surface area contributed by atoms with Gasteiger partial charge in [0, 0.05) is 6.54 Å². The Morgan fingerprint density at radius 1 is 1.08 bits per heavy atom. The minimum absolute atomic E-state index is 0.0239. The first-order chi connectivity index (χ1) is 17.2. The maximum Gasteiger partial charge on any atom is 0.349 e. The quantitative estimate of drug-likeness (QED) is 0.333. The minimum Gasteiger partial charge on any atom is -0.507 e. The number of carbonyl (C=O) groups is 1. The van der Waals surface area contributed by atoms with Gasteiger partial charge in [-0.15, -0.1) is 0 Å². The molecule has 0 aliphatic heterocycles. The molecule has 0 saturated carbocycles. The van der Waals surface area contributed by atoms with E-state index in [-0.39, 0.29) is 50.9 Å². The Kier molecular flexibility index (Phi) is 7.37. The summed E-state index contributed by atoms with van der Waals surface area (Å²) in [6.45, 7) is 0.256. The predicted octanol–water partition coefficient (Wildman–Crippen LogP) is 3.84. The second-order valence-corrected chi connectivity index (χ2v) is 8.32. The van der Waals surface area contributed by atoms with Crippen LogP contribution in [0.25, 0.3) is 5.69 Å². The summed E-state index contributed by atoms with van der Waals surface area (Å²) in [5.41, 5.74) is -0.456. The van der Waals surface area contributed by atoms with E-state index in [0.717, 1.165) is 16.4 Å². The summed E-state index contributed by atoms with van der Waals surface area (Å²) in [7, 11) is 0. The molecule has 0 atom stereocenters. The van der Waals surface area contributed by atoms with E-state index in [4.69, 9.17) is 27.9 Å². The normalized spacial score (nSPS) is 10.8. The number of halogens is 3. The highest BCUT2D eigenvalue weighted by molar-refractivity contribution is 6.37. The number of carbonyl (C=O) groups excluding carboxylic acids is 1. The zero-order valence-corrected chi connectivity index (χ0v) is 19.8. The second kappa shape index (κ2) is 10.6. The fourth-order valence-electron chi connectivity index (χ4n) is 3.25. The van der Waals surface area contributed by atoms with Crippen LogP contribution in [-0.4, -0.2) is 32.3 Å². The zero-order chi connectivity index (χ0) is 25.8. The van der Waals surface area contributed by atoms with Crippen LogP contribution >= 0.6 is 23.2 Å². The summed E-state index contributed by atoms with van der Waals surface area (Å²) < 4.78 is 19.7. The zero-order valence-electron chi connectivity index (χ0n) is 18.3. The highest BCUT2D eigenvalue weighted by Crippen LogP contribution is 2.38. The Balaban J connectivity index is 1.50. The molecule has 1 heterocycles. The van der Waals surface area contributed by atoms with Crippen molar-refractivity contribution in [3.8, 4) is 22.9 Å². The molecular weight excluding hydrogens is 514 g/mol. The molecule has 0 unspecified atom stereocenters. The third kappa shape index (κ3) is 5.73. The summed E-state index contributed by atoms with van der Waals surface area (Å²) in [6.07, 6.45) is 1.39. The van der Waals surface area contributed by atoms with E-state index < -0.39 is 17.2 Å². The number of benzene rings is 3. The third-order valence-electron chi connectivity index (χ3n) is 4.99. The van der Waals surface area contributed by atoms with Crippen LogP contribution < -0.4 is 21.3 Å². The fourth-order valence-corrected chi connectivity index (χ4v) is 3.80. The molecule has 1 aromatic heterocycles. The van der Waals surface area contributed by atoms with Gasteiger partial charge in [0.05, 0.1) is 21.3 Å². The van der Waals surface area contributed by atoms with Gasteiger partial charge in [0.15, 0.2) is 5.75 Å². The van der Waals surface area contributed by atoms with E-state index in [1.807, 2.05) is 0 Å². The number of aromatic amines is 1. The van der Waals surface area contributed by atoms with Gasteiger partial charge in [-0.25, -0.2) is 9.18 Å². The lowest BCUT2D eigenvalue weighted by atomic mass is 10.1. The fraction of sp³-hybridized carbons (Fsp3) is 0.0833. The highest BCUT2D eigenvalue weighted by Gasteiger charge is 2.17. The van der Waals surface area contributed by atoms with Crippen LogP contribution in [-0.2, 0) is 6.42 Å². The number of nitrogens with zero attached hydrogens (tertiary/aromatic N) is 2. The van der Waals surface area contributed by atoms with Crippen LogP contribution in [0.2, 0.25) is 10.0 Å². The minimum atomic E-state index is -0.781. The van der Waals surface area contributed by atoms with E-state index in [1.165, 1.54) is 42.5 Å². The summed E-state index contributed by atoms with van der Waals surface area (Å²) >= 11 is 12.6. The predicted molar refractivity (Wildman–Crippen MR) is 131 cm³/mol. The van der Waals surface area contributed by atoms with E-state index in [0.29, 0.717) is 6.42 Å². The summed E-state index contributed by atoms with van der Waals surface area (Å²) in [6, 6.07) is 12.6. The smallest absolute Gasteiger partial charge is 0.349 e. The number of hydrogen-bond donors (Lipinski definition) is 3. The first-order valence-corrected chi connectivity index (χ1v) is 11.2. The van der Waals surface area contributed by atoms with Gasteiger partial charge < -0.3 is 15.2 Å². The molecule has 36 heavy (non-hydrogen) atoms. The highest BCUT2D eigenvalue weighted by atomic mass is 35.5. The molecule has 1 amide bonds. The van der Waals surface area contributed by atoms with E-state index in [1.54, 1.807) is 12.1 Å². The Morgan fingerprint density at radius 3 is 2.44 bits per heavy atom. The van der Waals surface area contributed by atoms with Crippen LogP contribution in [0.4, 0.5) is 4.39 Å². The van der Waals surface area contributed by atoms with Gasteiger partial charge >= 0.3 is 5.69 Å². The summed E-state index contributed by atoms with van der Waals surface area (Å²) in [5.74, 6) is -0.963. The van der Waals surface area contributed by atoms with Crippen LogP contribution in [0.15, 0.2) is 70.4 Å². The Hall–Kier alpha value is -4.15. The van der Waals surface area contributed by atoms with Crippen molar-refractivity contribution < 1.29 is 19.0 Å². The van der Waals surface area contributed by atoms with Crippen molar-refractivity contribution in [2.24, 2.45) is 0 Å². The first kappa shape index (κ1) is 25.0. The number of H-pyrrole nitrogens is 1. The molecule has 4 aromatic rings. The van der Waals surface area contributed by atoms with Gasteiger partial charge in [-0.1, -0.05) is 35.3 Å². The SMILES string of the molecule is O=C(NCCc1ccc(F)cc1)c1cc(Oc2c(Cl)cc(-n3ncc(=O)[nH]c3=O)cc2Cl)ccc1O. The lowest BCUT2D eigenvalue weighted by Gasteiger charge is -2.13. The molecule has 12 heteroatoms. The average molecular weight is 531 g/mol. The molecule has 0 radical (unpaired) electrons. The number of hydrogen-bond acceptors (Lipinski definition) is 6. The molecular formula is C24H17Cl2FN4O5. The Morgan fingerprint density at radius 2 is 1.78 bits per heavy atom. The number of ether oxygens (including phenoxy) is 1. The standard InChI is InChI=1S/C24H17Cl2FN4O5/c25-18-9-15(31-24(35)30-21(33)12-29-31)10-19(26)22(18)36-16-5-6-20(32)17(11-16)23(34)28-8-7-13-1-3-14(27)4-2-13/h1-6,9-12,32H,7-8H2,(H,28,34)(H,30,33,35). The lowest BCUT2D eigenvalue weighted by molar-refractivity contribution is 0.0951. The van der Waals surface area contributed by atoms with Gasteiger partial charge in [0.2, 0.25) is 0 Å². The maximum absolute atomic E-state index is 13.0. The first-order valence-electron chi connectivity index (χ1n) is 10.4. The Bertz CT molecular complexity index is 1530. The third-order valence-corrected chi connectivity index (χ3v) is 5.55.